The number of aryl methyl sites for hydroxylation is 1. The summed E-state index contributed by atoms with van der Waals surface area (Å²) in [6.45, 7) is 4.78. The minimum Gasteiger partial charge on any atom is -0.496 e. The van der Waals surface area contributed by atoms with Crippen molar-refractivity contribution in [2.24, 2.45) is 5.73 Å². The minimum atomic E-state index is 0.0218. The number of benzene rings is 2. The van der Waals surface area contributed by atoms with Crippen LogP contribution in [-0.4, -0.2) is 37.6 Å². The molecule has 1 fully saturated rings. The lowest BCUT2D eigenvalue weighted by Crippen LogP contribution is -2.46. The predicted molar refractivity (Wildman–Crippen MR) is 109 cm³/mol. The van der Waals surface area contributed by atoms with Gasteiger partial charge in [0, 0.05) is 30.6 Å². The van der Waals surface area contributed by atoms with Gasteiger partial charge in [-0.25, -0.2) is 0 Å². The molecule has 0 aromatic heterocycles. The Morgan fingerprint density at radius 3 is 2.61 bits per heavy atom. The van der Waals surface area contributed by atoms with Crippen molar-refractivity contribution in [2.45, 2.75) is 38.1 Å². The van der Waals surface area contributed by atoms with E-state index in [1.165, 1.54) is 5.56 Å². The summed E-state index contributed by atoms with van der Waals surface area (Å²) in [6, 6.07) is 12.2. The molecule has 5 heteroatoms. The zero-order chi connectivity index (χ0) is 19.7. The fourth-order valence-electron chi connectivity index (χ4n) is 4.47. The zero-order valence-corrected chi connectivity index (χ0v) is 16.7. The molecule has 2 aromatic rings. The molecule has 2 aromatic carbocycles. The quantitative estimate of drug-likeness (QED) is 0.886. The molecule has 2 aliphatic rings. The van der Waals surface area contributed by atoms with E-state index in [0.29, 0.717) is 19.6 Å². The van der Waals surface area contributed by atoms with Crippen LogP contribution in [0.2, 0.25) is 0 Å². The second-order valence-electron chi connectivity index (χ2n) is 7.97. The Labute approximate surface area is 166 Å². The van der Waals surface area contributed by atoms with Gasteiger partial charge in [0.25, 0.3) is 0 Å². The second-order valence-corrected chi connectivity index (χ2v) is 7.97. The molecule has 28 heavy (non-hydrogen) atoms. The summed E-state index contributed by atoms with van der Waals surface area (Å²) >= 11 is 0. The first-order chi connectivity index (χ1) is 13.5. The van der Waals surface area contributed by atoms with E-state index in [9.17, 15) is 4.79 Å². The van der Waals surface area contributed by atoms with Crippen LogP contribution in [-0.2, 0) is 23.2 Å². The maximum atomic E-state index is 12.8. The molecule has 0 unspecified atom stereocenters. The van der Waals surface area contributed by atoms with E-state index in [0.717, 1.165) is 54.1 Å². The number of ether oxygens (including phenoxy) is 2. The maximum absolute atomic E-state index is 12.8. The highest BCUT2D eigenvalue weighted by atomic mass is 16.5. The number of piperidine rings is 1. The number of amides is 1. The Balaban J connectivity index is 1.42. The molecular formula is C23H28N2O3. The Morgan fingerprint density at radius 2 is 1.93 bits per heavy atom. The molecule has 148 valence electrons. The van der Waals surface area contributed by atoms with E-state index in [1.807, 2.05) is 42.2 Å². The van der Waals surface area contributed by atoms with Gasteiger partial charge in [-0.2, -0.15) is 0 Å². The number of rotatable bonds is 4. The van der Waals surface area contributed by atoms with Gasteiger partial charge in [-0.1, -0.05) is 24.3 Å². The molecule has 4 rings (SSSR count). The largest absolute Gasteiger partial charge is 0.496 e. The first-order valence-corrected chi connectivity index (χ1v) is 9.92. The molecule has 2 heterocycles. The number of hydrogen-bond acceptors (Lipinski definition) is 4. The van der Waals surface area contributed by atoms with Crippen LogP contribution < -0.4 is 15.2 Å². The van der Waals surface area contributed by atoms with Crippen molar-refractivity contribution in [3.8, 4) is 11.5 Å². The van der Waals surface area contributed by atoms with Crippen LogP contribution in [0.1, 0.15) is 35.1 Å². The van der Waals surface area contributed by atoms with Crippen LogP contribution in [0, 0.1) is 6.92 Å². The van der Waals surface area contributed by atoms with Crippen molar-refractivity contribution in [2.75, 3.05) is 26.8 Å². The number of nitrogens with zero attached hydrogens (tertiary/aromatic N) is 1. The number of carbonyl (C=O) groups is 1. The third-order valence-electron chi connectivity index (χ3n) is 6.24. The van der Waals surface area contributed by atoms with Crippen LogP contribution >= 0.6 is 0 Å². The van der Waals surface area contributed by atoms with E-state index < -0.39 is 0 Å². The molecule has 5 nitrogen and oxygen atoms in total. The highest BCUT2D eigenvalue weighted by molar-refractivity contribution is 5.79. The standard InChI is InChI=1S/C23H28N2O3/c1-16-11-17(3-5-20(16)27-2)13-22(26)25-9-7-23(8-10-25)15-28-21-6-4-18(14-24)12-19(21)23/h3-6,11-12H,7-10,13-15,24H2,1-2H3. The highest BCUT2D eigenvalue weighted by Gasteiger charge is 2.43. The fourth-order valence-corrected chi connectivity index (χ4v) is 4.47. The summed E-state index contributed by atoms with van der Waals surface area (Å²) in [4.78, 5) is 14.8. The third-order valence-corrected chi connectivity index (χ3v) is 6.24. The monoisotopic (exact) mass is 380 g/mol. The SMILES string of the molecule is COc1ccc(CC(=O)N2CCC3(CC2)COc2ccc(CN)cc23)cc1C. The molecule has 0 radical (unpaired) electrons. The molecular weight excluding hydrogens is 352 g/mol. The first-order valence-electron chi connectivity index (χ1n) is 9.92. The molecule has 1 spiro atoms. The average Bonchev–Trinajstić information content (AvgIpc) is 3.06. The molecule has 2 N–H and O–H groups in total. The fraction of sp³-hybridized carbons (Fsp3) is 0.435. The number of likely N-dealkylation sites (tertiary alicyclic amines) is 1. The Hall–Kier alpha value is -2.53. The van der Waals surface area contributed by atoms with Crippen molar-refractivity contribution >= 4 is 5.91 Å². The first kappa shape index (κ1) is 18.8. The number of carbonyl (C=O) groups excluding carboxylic acids is 1. The van der Waals surface area contributed by atoms with E-state index in [1.54, 1.807) is 7.11 Å². The van der Waals surface area contributed by atoms with Crippen molar-refractivity contribution in [1.82, 2.24) is 4.90 Å². The molecule has 0 aliphatic carbocycles. The van der Waals surface area contributed by atoms with Crippen LogP contribution in [0.15, 0.2) is 36.4 Å². The van der Waals surface area contributed by atoms with Gasteiger partial charge in [-0.05, 0) is 48.6 Å². The van der Waals surface area contributed by atoms with Gasteiger partial charge in [0.05, 0.1) is 20.1 Å². The number of methoxy groups -OCH3 is 1. The minimum absolute atomic E-state index is 0.0218. The van der Waals surface area contributed by atoms with Gasteiger partial charge in [0.2, 0.25) is 5.91 Å². The molecule has 0 atom stereocenters. The summed E-state index contributed by atoms with van der Waals surface area (Å²) < 4.78 is 11.3. The van der Waals surface area contributed by atoms with E-state index in [4.69, 9.17) is 15.2 Å². The summed E-state index contributed by atoms with van der Waals surface area (Å²) in [5.41, 5.74) is 10.3. The molecule has 0 saturated carbocycles. The van der Waals surface area contributed by atoms with Crippen LogP contribution in [0.3, 0.4) is 0 Å². The normalized spacial score (nSPS) is 17.3. The van der Waals surface area contributed by atoms with Crippen LogP contribution in [0.25, 0.3) is 0 Å². The van der Waals surface area contributed by atoms with E-state index >= 15 is 0 Å². The summed E-state index contributed by atoms with van der Waals surface area (Å²) in [7, 11) is 1.66. The van der Waals surface area contributed by atoms with Gasteiger partial charge < -0.3 is 20.1 Å². The van der Waals surface area contributed by atoms with Gasteiger partial charge in [-0.3, -0.25) is 4.79 Å². The lowest BCUT2D eigenvalue weighted by atomic mass is 9.74. The number of nitrogens with two attached hydrogens (primary N) is 1. The van der Waals surface area contributed by atoms with Crippen LogP contribution in [0.5, 0.6) is 11.5 Å². The van der Waals surface area contributed by atoms with Crippen LogP contribution in [0.4, 0.5) is 0 Å². The van der Waals surface area contributed by atoms with Gasteiger partial charge in [-0.15, -0.1) is 0 Å². The van der Waals surface area contributed by atoms with Crippen molar-refractivity contribution in [3.63, 3.8) is 0 Å². The lowest BCUT2D eigenvalue weighted by molar-refractivity contribution is -0.132. The zero-order valence-electron chi connectivity index (χ0n) is 16.7. The number of hydrogen-bond donors (Lipinski definition) is 1. The van der Waals surface area contributed by atoms with Gasteiger partial charge in [0.1, 0.15) is 11.5 Å². The highest BCUT2D eigenvalue weighted by Crippen LogP contribution is 2.45. The second kappa shape index (κ2) is 7.47. The van der Waals surface area contributed by atoms with Crippen molar-refractivity contribution in [3.05, 3.63) is 58.7 Å². The Kier molecular flexibility index (Phi) is 5.02. The number of fused-ring (bicyclic) bond motifs is 2. The molecule has 0 bridgehead atoms. The topological polar surface area (TPSA) is 64.8 Å². The van der Waals surface area contributed by atoms with E-state index in [2.05, 4.69) is 6.07 Å². The smallest absolute Gasteiger partial charge is 0.226 e. The molecule has 2 aliphatic heterocycles. The Morgan fingerprint density at radius 1 is 1.18 bits per heavy atom. The van der Waals surface area contributed by atoms with Crippen molar-refractivity contribution in [1.29, 1.82) is 0 Å². The third kappa shape index (κ3) is 3.35. The average molecular weight is 380 g/mol. The summed E-state index contributed by atoms with van der Waals surface area (Å²) in [5, 5.41) is 0. The maximum Gasteiger partial charge on any atom is 0.226 e. The summed E-state index contributed by atoms with van der Waals surface area (Å²) in [5.74, 6) is 2.02. The van der Waals surface area contributed by atoms with Gasteiger partial charge >= 0.3 is 0 Å². The lowest BCUT2D eigenvalue weighted by Gasteiger charge is -2.38. The predicted octanol–water partition coefficient (Wildman–Crippen LogP) is 2.96. The van der Waals surface area contributed by atoms with Gasteiger partial charge in [0.15, 0.2) is 0 Å². The Bertz CT molecular complexity index is 885. The molecule has 1 saturated heterocycles. The molecule has 1 amide bonds. The summed E-state index contributed by atoms with van der Waals surface area (Å²) in [6.07, 6.45) is 2.30. The van der Waals surface area contributed by atoms with E-state index in [-0.39, 0.29) is 11.3 Å². The van der Waals surface area contributed by atoms with Crippen molar-refractivity contribution < 1.29 is 14.3 Å².